The van der Waals surface area contributed by atoms with Crippen LogP contribution in [0.25, 0.3) is 22.6 Å². The van der Waals surface area contributed by atoms with Crippen LogP contribution in [0.3, 0.4) is 0 Å². The van der Waals surface area contributed by atoms with Crippen LogP contribution < -0.4 is 5.43 Å². The van der Waals surface area contributed by atoms with Gasteiger partial charge >= 0.3 is 0 Å². The van der Waals surface area contributed by atoms with E-state index in [0.717, 1.165) is 0 Å². The molecule has 0 unspecified atom stereocenters. The Morgan fingerprint density at radius 2 is 1.41 bits per heavy atom. The van der Waals surface area contributed by atoms with Gasteiger partial charge < -0.3 is 4.42 Å². The van der Waals surface area contributed by atoms with Gasteiger partial charge in [0.15, 0.2) is 34.5 Å². The predicted molar refractivity (Wildman–Crippen MR) is 96.9 cm³/mol. The Morgan fingerprint density at radius 1 is 0.815 bits per heavy atom. The zero-order valence-electron chi connectivity index (χ0n) is 15.1. The molecule has 7 heteroatoms. The fraction of sp³-hybridized carbons (Fsp3) is 0.200. The van der Waals surface area contributed by atoms with Gasteiger partial charge in [0, 0.05) is 5.56 Å². The monoisotopic (exact) mass is 365 g/mol. The molecule has 0 amide bonds. The third kappa shape index (κ3) is 2.87. The number of nitrogens with zero attached hydrogens (tertiary/aromatic N) is 1. The lowest BCUT2D eigenvalue weighted by molar-refractivity contribution is 0.0981. The SMILES string of the molecule is CC(=O)c1ccc2nc3cc(C(C)=O)c(=O)c(C(C)=O)c-3oc2c1C(C)=O. The first-order valence-corrected chi connectivity index (χ1v) is 8.11. The first kappa shape index (κ1) is 18.3. The molecule has 0 radical (unpaired) electrons. The molecule has 0 atom stereocenters. The number of rotatable bonds is 4. The number of benzene rings is 2. The van der Waals surface area contributed by atoms with Crippen molar-refractivity contribution in [3.8, 4) is 11.5 Å². The Labute approximate surface area is 153 Å². The normalized spacial score (nSPS) is 11.0. The molecule has 1 aliphatic carbocycles. The maximum absolute atomic E-state index is 12.5. The molecule has 1 heterocycles. The molecule has 0 fully saturated rings. The summed E-state index contributed by atoms with van der Waals surface area (Å²) in [6.07, 6.45) is 0. The summed E-state index contributed by atoms with van der Waals surface area (Å²) in [6, 6.07) is 4.24. The number of carbonyl (C=O) groups excluding carboxylic acids is 4. The Balaban J connectivity index is 2.58. The number of hydrogen-bond acceptors (Lipinski definition) is 7. The van der Waals surface area contributed by atoms with E-state index in [0.29, 0.717) is 0 Å². The molecule has 0 saturated carbocycles. The largest absolute Gasteiger partial charge is 0.451 e. The molecule has 1 aliphatic heterocycles. The Bertz CT molecular complexity index is 1200. The highest BCUT2D eigenvalue weighted by Crippen LogP contribution is 2.31. The fourth-order valence-electron chi connectivity index (χ4n) is 3.04. The highest BCUT2D eigenvalue weighted by atomic mass is 16.3. The quantitative estimate of drug-likeness (QED) is 0.516. The second-order valence-corrected chi connectivity index (χ2v) is 6.25. The maximum Gasteiger partial charge on any atom is 0.204 e. The lowest BCUT2D eigenvalue weighted by Crippen LogP contribution is -2.22. The molecule has 7 nitrogen and oxygen atoms in total. The van der Waals surface area contributed by atoms with E-state index >= 15 is 0 Å². The molecule has 1 aromatic carbocycles. The highest BCUT2D eigenvalue weighted by molar-refractivity contribution is 6.14. The molecule has 0 spiro atoms. The molecule has 136 valence electrons. The van der Waals surface area contributed by atoms with E-state index in [2.05, 4.69) is 4.98 Å². The molecule has 3 rings (SSSR count). The van der Waals surface area contributed by atoms with Crippen molar-refractivity contribution >= 4 is 34.2 Å². The van der Waals surface area contributed by atoms with Crippen LogP contribution in [0.4, 0.5) is 0 Å². The standard InChI is InChI=1S/C20H15NO6/c1-8(22)12-5-6-14-19(16(12)10(3)24)27-20-15(21-14)7-13(9(2)23)18(26)17(20)11(4)25/h5-7H,1-4H3. The lowest BCUT2D eigenvalue weighted by atomic mass is 9.97. The molecule has 0 N–H and O–H groups in total. The Kier molecular flexibility index (Phi) is 4.31. The number of carbonyl (C=O) groups is 4. The topological polar surface area (TPSA) is 111 Å². The number of hydrogen-bond donors (Lipinski definition) is 0. The van der Waals surface area contributed by atoms with Gasteiger partial charge in [0.05, 0.1) is 11.1 Å². The smallest absolute Gasteiger partial charge is 0.204 e. The predicted octanol–water partition coefficient (Wildman–Crippen LogP) is 3.10. The van der Waals surface area contributed by atoms with Crippen molar-refractivity contribution in [1.29, 1.82) is 0 Å². The van der Waals surface area contributed by atoms with Gasteiger partial charge in [-0.1, -0.05) is 0 Å². The van der Waals surface area contributed by atoms with Crippen LogP contribution in [0, 0.1) is 0 Å². The number of ketones is 4. The van der Waals surface area contributed by atoms with Crippen molar-refractivity contribution in [2.24, 2.45) is 0 Å². The molecule has 2 aliphatic rings. The summed E-state index contributed by atoms with van der Waals surface area (Å²) in [6.45, 7) is 5.00. The van der Waals surface area contributed by atoms with Gasteiger partial charge in [-0.25, -0.2) is 4.98 Å². The highest BCUT2D eigenvalue weighted by Gasteiger charge is 2.27. The lowest BCUT2D eigenvalue weighted by Gasteiger charge is -2.13. The zero-order valence-corrected chi connectivity index (χ0v) is 15.1. The number of Topliss-reactive ketones (excluding diaryl/α,β-unsaturated/α-hetero) is 4. The van der Waals surface area contributed by atoms with E-state index in [4.69, 9.17) is 4.42 Å². The number of aromatic nitrogens is 1. The Morgan fingerprint density at radius 3 is 1.93 bits per heavy atom. The van der Waals surface area contributed by atoms with E-state index < -0.39 is 22.8 Å². The van der Waals surface area contributed by atoms with Crippen molar-refractivity contribution in [2.45, 2.75) is 27.7 Å². The van der Waals surface area contributed by atoms with E-state index in [1.165, 1.54) is 45.9 Å². The number of fused-ring (bicyclic) bond motifs is 2. The molecule has 0 bridgehead atoms. The van der Waals surface area contributed by atoms with Crippen LogP contribution in [0.5, 0.6) is 0 Å². The second kappa shape index (κ2) is 6.35. The minimum Gasteiger partial charge on any atom is -0.451 e. The van der Waals surface area contributed by atoms with Gasteiger partial charge in [0.25, 0.3) is 0 Å². The summed E-state index contributed by atoms with van der Waals surface area (Å²) >= 11 is 0. The van der Waals surface area contributed by atoms with E-state index in [-0.39, 0.29) is 50.6 Å². The van der Waals surface area contributed by atoms with Crippen molar-refractivity contribution in [3.63, 3.8) is 0 Å². The fourth-order valence-corrected chi connectivity index (χ4v) is 3.04. The van der Waals surface area contributed by atoms with Gasteiger partial charge in [-0.3, -0.25) is 24.0 Å². The van der Waals surface area contributed by atoms with Crippen LogP contribution in [0.2, 0.25) is 0 Å². The third-order valence-electron chi connectivity index (χ3n) is 4.26. The van der Waals surface area contributed by atoms with Gasteiger partial charge in [-0.05, 0) is 45.9 Å². The van der Waals surface area contributed by atoms with Crippen molar-refractivity contribution in [1.82, 2.24) is 4.98 Å². The molecule has 0 saturated heterocycles. The van der Waals surface area contributed by atoms with Crippen molar-refractivity contribution < 1.29 is 23.6 Å². The summed E-state index contributed by atoms with van der Waals surface area (Å²) in [5.74, 6) is -1.95. The maximum atomic E-state index is 12.5. The first-order valence-electron chi connectivity index (χ1n) is 8.11. The Hall–Kier alpha value is -3.48. The summed E-state index contributed by atoms with van der Waals surface area (Å²) in [5, 5.41) is 0. The zero-order chi connectivity index (χ0) is 20.0. The van der Waals surface area contributed by atoms with Crippen molar-refractivity contribution in [2.75, 3.05) is 0 Å². The molecular weight excluding hydrogens is 350 g/mol. The molecule has 27 heavy (non-hydrogen) atoms. The molecule has 1 aromatic rings. The molecule has 0 aromatic heterocycles. The van der Waals surface area contributed by atoms with Crippen molar-refractivity contribution in [3.05, 3.63) is 50.7 Å². The molecular formula is C20H15NO6. The van der Waals surface area contributed by atoms with Crippen LogP contribution in [-0.4, -0.2) is 28.1 Å². The van der Waals surface area contributed by atoms with E-state index in [9.17, 15) is 24.0 Å². The van der Waals surface area contributed by atoms with Crippen LogP contribution in [0.15, 0.2) is 27.4 Å². The summed E-state index contributed by atoms with van der Waals surface area (Å²) in [7, 11) is 0. The van der Waals surface area contributed by atoms with Gasteiger partial charge in [-0.15, -0.1) is 0 Å². The van der Waals surface area contributed by atoms with E-state index in [1.807, 2.05) is 0 Å². The summed E-state index contributed by atoms with van der Waals surface area (Å²) in [5.41, 5.74) is -0.613. The third-order valence-corrected chi connectivity index (χ3v) is 4.26. The van der Waals surface area contributed by atoms with Gasteiger partial charge in [0.2, 0.25) is 5.43 Å². The summed E-state index contributed by atoms with van der Waals surface area (Å²) < 4.78 is 5.77. The van der Waals surface area contributed by atoms with E-state index in [1.54, 1.807) is 0 Å². The minimum atomic E-state index is -0.750. The first-order chi connectivity index (χ1) is 12.6. The van der Waals surface area contributed by atoms with Gasteiger partial charge in [0.1, 0.15) is 16.8 Å². The average Bonchev–Trinajstić information content (AvgIpc) is 2.57. The van der Waals surface area contributed by atoms with Gasteiger partial charge in [-0.2, -0.15) is 0 Å². The minimum absolute atomic E-state index is 0.0141. The second-order valence-electron chi connectivity index (χ2n) is 6.25. The van der Waals surface area contributed by atoms with Crippen LogP contribution >= 0.6 is 0 Å². The average molecular weight is 365 g/mol. The summed E-state index contributed by atoms with van der Waals surface area (Å²) in [4.78, 5) is 64.7. The van der Waals surface area contributed by atoms with Crippen LogP contribution in [0.1, 0.15) is 69.1 Å². The van der Waals surface area contributed by atoms with Crippen LogP contribution in [-0.2, 0) is 0 Å².